The van der Waals surface area contributed by atoms with Crippen molar-refractivity contribution in [2.75, 3.05) is 5.32 Å². The van der Waals surface area contributed by atoms with E-state index in [1.54, 1.807) is 37.3 Å². The van der Waals surface area contributed by atoms with Gasteiger partial charge in [-0.1, -0.05) is 46.5 Å². The van der Waals surface area contributed by atoms with E-state index >= 15 is 0 Å². The van der Waals surface area contributed by atoms with Gasteiger partial charge in [0.25, 0.3) is 5.89 Å². The van der Waals surface area contributed by atoms with Gasteiger partial charge < -0.3 is 9.73 Å². The third kappa shape index (κ3) is 3.72. The zero-order valence-corrected chi connectivity index (χ0v) is 16.4. The number of benzene rings is 2. The highest BCUT2D eigenvalue weighted by Gasteiger charge is 2.19. The third-order valence-electron chi connectivity index (χ3n) is 4.00. The van der Waals surface area contributed by atoms with Crippen molar-refractivity contribution in [1.29, 1.82) is 0 Å². The normalized spacial score (nSPS) is 10.9. The van der Waals surface area contributed by atoms with Gasteiger partial charge in [-0.3, -0.25) is 4.79 Å². The van der Waals surface area contributed by atoms with Crippen LogP contribution in [-0.2, 0) is 0 Å². The summed E-state index contributed by atoms with van der Waals surface area (Å²) in [5.41, 5.74) is 0.556. The third-order valence-corrected chi connectivity index (χ3v) is 4.61. The zero-order chi connectivity index (χ0) is 20.5. The molecular formula is C19H12Cl2FN5O2. The summed E-state index contributed by atoms with van der Waals surface area (Å²) in [5.74, 6) is -0.623. The molecule has 0 amide bonds. The van der Waals surface area contributed by atoms with Crippen molar-refractivity contribution in [3.05, 3.63) is 80.3 Å². The first-order valence-corrected chi connectivity index (χ1v) is 9.10. The van der Waals surface area contributed by atoms with E-state index in [2.05, 4.69) is 20.6 Å². The van der Waals surface area contributed by atoms with Gasteiger partial charge >= 0.3 is 6.01 Å². The molecule has 146 valence electrons. The quantitative estimate of drug-likeness (QED) is 0.500. The average Bonchev–Trinajstić information content (AvgIpc) is 3.13. The number of aromatic nitrogens is 4. The summed E-state index contributed by atoms with van der Waals surface area (Å²) in [7, 11) is 0. The molecule has 4 rings (SSSR count). The Morgan fingerprint density at radius 2 is 1.79 bits per heavy atom. The standard InChI is InChI=1S/C19H12Cl2FN5O2/c1-10-9-15(28)16(26-27(10)17-11(20)5-4-6-12(17)21)18-24-25-19(29-18)23-14-8-3-2-7-13(14)22/h2-9H,1H3,(H,23,25). The zero-order valence-electron chi connectivity index (χ0n) is 14.9. The van der Waals surface area contributed by atoms with E-state index in [4.69, 9.17) is 27.6 Å². The van der Waals surface area contributed by atoms with Crippen molar-refractivity contribution < 1.29 is 8.81 Å². The fraction of sp³-hybridized carbons (Fsp3) is 0.0526. The van der Waals surface area contributed by atoms with Crippen LogP contribution in [0.15, 0.2) is 57.7 Å². The Bertz CT molecular complexity index is 1250. The Kier molecular flexibility index (Phi) is 5.04. The number of halogens is 3. The Balaban J connectivity index is 1.76. The second-order valence-corrected chi connectivity index (χ2v) is 6.81. The number of nitrogens with zero attached hydrogens (tertiary/aromatic N) is 4. The van der Waals surface area contributed by atoms with Gasteiger partial charge in [-0.25, -0.2) is 9.07 Å². The highest BCUT2D eigenvalue weighted by atomic mass is 35.5. The molecule has 0 bridgehead atoms. The first-order chi connectivity index (χ1) is 13.9. The van der Waals surface area contributed by atoms with Gasteiger partial charge in [0.05, 0.1) is 15.7 Å². The van der Waals surface area contributed by atoms with Crippen LogP contribution in [0.5, 0.6) is 0 Å². The van der Waals surface area contributed by atoms with Crippen LogP contribution in [0, 0.1) is 12.7 Å². The average molecular weight is 432 g/mol. The molecule has 0 aliphatic rings. The molecule has 0 radical (unpaired) electrons. The van der Waals surface area contributed by atoms with Crippen LogP contribution in [0.2, 0.25) is 10.0 Å². The summed E-state index contributed by atoms with van der Waals surface area (Å²) in [6.45, 7) is 1.69. The second kappa shape index (κ2) is 7.65. The molecule has 2 aromatic heterocycles. The lowest BCUT2D eigenvalue weighted by Crippen LogP contribution is -2.16. The summed E-state index contributed by atoms with van der Waals surface area (Å²) < 4.78 is 20.7. The van der Waals surface area contributed by atoms with Crippen molar-refractivity contribution in [2.24, 2.45) is 0 Å². The van der Waals surface area contributed by atoms with Gasteiger partial charge in [-0.05, 0) is 31.2 Å². The van der Waals surface area contributed by atoms with Crippen LogP contribution < -0.4 is 10.7 Å². The molecule has 0 fully saturated rings. The van der Waals surface area contributed by atoms with Crippen LogP contribution in [0.4, 0.5) is 16.1 Å². The molecule has 29 heavy (non-hydrogen) atoms. The number of hydrogen-bond donors (Lipinski definition) is 1. The maximum absolute atomic E-state index is 13.8. The molecule has 0 saturated heterocycles. The fourth-order valence-corrected chi connectivity index (χ4v) is 3.22. The van der Waals surface area contributed by atoms with Crippen LogP contribution in [0.1, 0.15) is 5.69 Å². The Hall–Kier alpha value is -3.23. The number of anilines is 2. The molecule has 0 unspecified atom stereocenters. The van der Waals surface area contributed by atoms with Crippen molar-refractivity contribution in [3.63, 3.8) is 0 Å². The molecule has 2 aromatic carbocycles. The van der Waals surface area contributed by atoms with Crippen LogP contribution in [-0.4, -0.2) is 20.0 Å². The minimum Gasteiger partial charge on any atom is -0.401 e. The van der Waals surface area contributed by atoms with E-state index < -0.39 is 11.2 Å². The molecule has 4 aromatic rings. The maximum Gasteiger partial charge on any atom is 0.320 e. The molecule has 0 spiro atoms. The minimum absolute atomic E-state index is 0.0887. The summed E-state index contributed by atoms with van der Waals surface area (Å²) in [6, 6.07) is 12.3. The largest absolute Gasteiger partial charge is 0.401 e. The number of rotatable bonds is 4. The van der Waals surface area contributed by atoms with Crippen molar-refractivity contribution in [1.82, 2.24) is 20.0 Å². The molecule has 0 saturated carbocycles. The molecule has 7 nitrogen and oxygen atoms in total. The lowest BCUT2D eigenvalue weighted by Gasteiger charge is -2.13. The Morgan fingerprint density at radius 3 is 2.52 bits per heavy atom. The van der Waals surface area contributed by atoms with E-state index in [0.29, 0.717) is 21.4 Å². The van der Waals surface area contributed by atoms with Gasteiger partial charge in [0, 0.05) is 11.8 Å². The smallest absolute Gasteiger partial charge is 0.320 e. The second-order valence-electron chi connectivity index (χ2n) is 6.00. The van der Waals surface area contributed by atoms with E-state index in [9.17, 15) is 9.18 Å². The predicted molar refractivity (Wildman–Crippen MR) is 108 cm³/mol. The number of hydrogen-bond acceptors (Lipinski definition) is 6. The molecule has 2 heterocycles. The van der Waals surface area contributed by atoms with Crippen molar-refractivity contribution in [3.8, 4) is 17.3 Å². The van der Waals surface area contributed by atoms with Crippen molar-refractivity contribution >= 4 is 34.9 Å². The minimum atomic E-state index is -0.489. The van der Waals surface area contributed by atoms with Crippen LogP contribution in [0.3, 0.4) is 0 Å². The van der Waals surface area contributed by atoms with E-state index in [0.717, 1.165) is 0 Å². The Labute approximate surface area is 173 Å². The van der Waals surface area contributed by atoms with Gasteiger partial charge in [0.1, 0.15) is 11.5 Å². The first-order valence-electron chi connectivity index (χ1n) is 8.35. The Morgan fingerprint density at radius 1 is 1.07 bits per heavy atom. The summed E-state index contributed by atoms with van der Waals surface area (Å²) in [6.07, 6.45) is 0. The number of nitrogens with one attached hydrogen (secondary N) is 1. The van der Waals surface area contributed by atoms with Gasteiger partial charge in [0.15, 0.2) is 5.69 Å². The molecule has 10 heteroatoms. The lowest BCUT2D eigenvalue weighted by molar-refractivity contribution is 0.577. The molecular weight excluding hydrogens is 420 g/mol. The first kappa shape index (κ1) is 19.1. The van der Waals surface area contributed by atoms with Gasteiger partial charge in [0.2, 0.25) is 5.43 Å². The topological polar surface area (TPSA) is 85.8 Å². The SMILES string of the molecule is Cc1cc(=O)c(-c2nnc(Nc3ccccc3F)o2)nn1-c1c(Cl)cccc1Cl. The van der Waals surface area contributed by atoms with Gasteiger partial charge in [-0.15, -0.1) is 5.10 Å². The highest BCUT2D eigenvalue weighted by molar-refractivity contribution is 6.37. The van der Waals surface area contributed by atoms with E-state index in [1.165, 1.54) is 22.9 Å². The van der Waals surface area contributed by atoms with E-state index in [-0.39, 0.29) is 23.3 Å². The predicted octanol–water partition coefficient (Wildman–Crippen LogP) is 4.78. The number of aryl methyl sites for hydroxylation is 1. The van der Waals surface area contributed by atoms with Crippen molar-refractivity contribution in [2.45, 2.75) is 6.92 Å². The monoisotopic (exact) mass is 431 g/mol. The van der Waals surface area contributed by atoms with Crippen LogP contribution >= 0.6 is 23.2 Å². The molecule has 0 atom stereocenters. The molecule has 0 aliphatic heterocycles. The fourth-order valence-electron chi connectivity index (χ4n) is 2.66. The highest BCUT2D eigenvalue weighted by Crippen LogP contribution is 2.29. The summed E-state index contributed by atoms with van der Waals surface area (Å²) in [4.78, 5) is 12.5. The van der Waals surface area contributed by atoms with E-state index in [1.807, 2.05) is 0 Å². The maximum atomic E-state index is 13.8. The number of para-hydroxylation sites is 2. The molecule has 1 N–H and O–H groups in total. The van der Waals surface area contributed by atoms with Crippen LogP contribution in [0.25, 0.3) is 17.3 Å². The summed E-state index contributed by atoms with van der Waals surface area (Å²) in [5, 5.41) is 15.3. The summed E-state index contributed by atoms with van der Waals surface area (Å²) >= 11 is 12.5. The molecule has 0 aliphatic carbocycles. The lowest BCUT2D eigenvalue weighted by atomic mass is 10.2. The van der Waals surface area contributed by atoms with Gasteiger partial charge in [-0.2, -0.15) is 5.10 Å².